The molecule has 0 aromatic carbocycles. The van der Waals surface area contributed by atoms with Crippen LogP contribution in [-0.4, -0.2) is 0 Å². The van der Waals surface area contributed by atoms with Crippen LogP contribution in [0.4, 0.5) is 0 Å². The van der Waals surface area contributed by atoms with Gasteiger partial charge < -0.3 is 4.84 Å². The summed E-state index contributed by atoms with van der Waals surface area (Å²) in [6.45, 7) is 10.0. The third-order valence-corrected chi connectivity index (χ3v) is 2.90. The van der Waals surface area contributed by atoms with E-state index in [2.05, 4.69) is 19.9 Å². The molecule has 1 unspecified atom stereocenters. The number of hydrogen-bond acceptors (Lipinski definition) is 3. The standard InChI is InChI=1S/C13H22N2O/c1-6-10(4)13(11(5)16-15)12(7-8-14)9(2)3/h6,9,12H,7,15H2,1-5H3/b10-6-,13-11+. The third kappa shape index (κ3) is 3.71. The van der Waals surface area contributed by atoms with Crippen LogP contribution in [0.3, 0.4) is 0 Å². The van der Waals surface area contributed by atoms with Gasteiger partial charge in [0.05, 0.1) is 6.07 Å². The summed E-state index contributed by atoms with van der Waals surface area (Å²) in [6, 6.07) is 2.23. The van der Waals surface area contributed by atoms with Gasteiger partial charge in [0, 0.05) is 12.3 Å². The minimum atomic E-state index is 0.171. The Morgan fingerprint density at radius 2 is 2.00 bits per heavy atom. The van der Waals surface area contributed by atoms with Crippen LogP contribution in [0.1, 0.15) is 41.0 Å². The van der Waals surface area contributed by atoms with Crippen LogP contribution in [0.25, 0.3) is 0 Å². The molecule has 0 amide bonds. The predicted octanol–water partition coefficient (Wildman–Crippen LogP) is 3.30. The molecule has 0 saturated heterocycles. The summed E-state index contributed by atoms with van der Waals surface area (Å²) in [6.07, 6.45) is 2.50. The normalized spacial score (nSPS) is 15.5. The summed E-state index contributed by atoms with van der Waals surface area (Å²) in [7, 11) is 0. The fourth-order valence-corrected chi connectivity index (χ4v) is 1.82. The molecule has 0 saturated carbocycles. The molecule has 0 aliphatic rings. The Morgan fingerprint density at radius 1 is 1.44 bits per heavy atom. The van der Waals surface area contributed by atoms with E-state index in [1.807, 2.05) is 26.8 Å². The van der Waals surface area contributed by atoms with Crippen molar-refractivity contribution in [2.45, 2.75) is 41.0 Å². The summed E-state index contributed by atoms with van der Waals surface area (Å²) >= 11 is 0. The number of allylic oxidation sites excluding steroid dienone is 4. The molecule has 3 heteroatoms. The first kappa shape index (κ1) is 14.7. The second kappa shape index (κ2) is 7.08. The molecule has 0 aromatic rings. The molecule has 0 spiro atoms. The molecule has 0 fully saturated rings. The molecule has 0 heterocycles. The molecular formula is C13H22N2O. The molecule has 1 atom stereocenters. The summed E-state index contributed by atoms with van der Waals surface area (Å²) in [5, 5.41) is 8.88. The predicted molar refractivity (Wildman–Crippen MR) is 66.0 cm³/mol. The van der Waals surface area contributed by atoms with Crippen molar-refractivity contribution < 1.29 is 4.84 Å². The zero-order valence-corrected chi connectivity index (χ0v) is 10.9. The lowest BCUT2D eigenvalue weighted by atomic mass is 9.82. The van der Waals surface area contributed by atoms with Crippen LogP contribution >= 0.6 is 0 Å². The maximum Gasteiger partial charge on any atom is 0.124 e. The van der Waals surface area contributed by atoms with E-state index >= 15 is 0 Å². The number of nitrogens with two attached hydrogens (primary N) is 1. The van der Waals surface area contributed by atoms with Crippen molar-refractivity contribution in [2.24, 2.45) is 17.7 Å². The van der Waals surface area contributed by atoms with Crippen molar-refractivity contribution >= 4 is 0 Å². The number of nitrogens with zero attached hydrogens (tertiary/aromatic N) is 1. The first-order valence-electron chi connectivity index (χ1n) is 5.57. The minimum Gasteiger partial charge on any atom is -0.416 e. The molecule has 0 aromatic heterocycles. The van der Waals surface area contributed by atoms with Gasteiger partial charge in [0.2, 0.25) is 0 Å². The smallest absolute Gasteiger partial charge is 0.124 e. The van der Waals surface area contributed by atoms with Crippen LogP contribution in [0.5, 0.6) is 0 Å². The van der Waals surface area contributed by atoms with Gasteiger partial charge in [-0.05, 0) is 37.8 Å². The monoisotopic (exact) mass is 222 g/mol. The van der Waals surface area contributed by atoms with E-state index in [9.17, 15) is 0 Å². The van der Waals surface area contributed by atoms with E-state index in [1.54, 1.807) is 0 Å². The van der Waals surface area contributed by atoms with E-state index in [-0.39, 0.29) is 5.92 Å². The van der Waals surface area contributed by atoms with E-state index in [1.165, 1.54) is 0 Å². The van der Waals surface area contributed by atoms with Gasteiger partial charge in [0.15, 0.2) is 0 Å². The molecule has 0 aliphatic heterocycles. The third-order valence-electron chi connectivity index (χ3n) is 2.90. The fourth-order valence-electron chi connectivity index (χ4n) is 1.82. The van der Waals surface area contributed by atoms with Gasteiger partial charge in [-0.3, -0.25) is 0 Å². The average molecular weight is 222 g/mol. The number of hydrogen-bond donors (Lipinski definition) is 1. The molecule has 0 radical (unpaired) electrons. The Kier molecular flexibility index (Phi) is 6.52. The SMILES string of the molecule is C/C=C(C)\C(=C(\C)ON)C(CC#N)C(C)C. The van der Waals surface area contributed by atoms with Gasteiger partial charge in [-0.2, -0.15) is 11.2 Å². The highest BCUT2D eigenvalue weighted by atomic mass is 16.6. The van der Waals surface area contributed by atoms with Gasteiger partial charge in [-0.25, -0.2) is 0 Å². The van der Waals surface area contributed by atoms with Gasteiger partial charge in [0.1, 0.15) is 5.76 Å². The van der Waals surface area contributed by atoms with Crippen LogP contribution in [-0.2, 0) is 4.84 Å². The highest BCUT2D eigenvalue weighted by Crippen LogP contribution is 2.31. The van der Waals surface area contributed by atoms with Crippen molar-refractivity contribution in [3.8, 4) is 6.07 Å². The van der Waals surface area contributed by atoms with Crippen molar-refractivity contribution in [1.29, 1.82) is 5.26 Å². The van der Waals surface area contributed by atoms with Crippen molar-refractivity contribution in [1.82, 2.24) is 0 Å². The molecule has 3 nitrogen and oxygen atoms in total. The average Bonchev–Trinajstić information content (AvgIpc) is 2.27. The Labute approximate surface area is 98.5 Å². The molecular weight excluding hydrogens is 200 g/mol. The lowest BCUT2D eigenvalue weighted by molar-refractivity contribution is 0.213. The van der Waals surface area contributed by atoms with Crippen molar-refractivity contribution in [3.05, 3.63) is 23.0 Å². The first-order chi connectivity index (χ1) is 7.49. The lowest BCUT2D eigenvalue weighted by Gasteiger charge is -2.23. The van der Waals surface area contributed by atoms with E-state index in [0.29, 0.717) is 18.1 Å². The number of rotatable bonds is 5. The minimum absolute atomic E-state index is 0.171. The van der Waals surface area contributed by atoms with E-state index in [0.717, 1.165) is 11.1 Å². The maximum atomic E-state index is 8.88. The van der Waals surface area contributed by atoms with Gasteiger partial charge in [0.25, 0.3) is 0 Å². The van der Waals surface area contributed by atoms with Crippen LogP contribution in [0, 0.1) is 23.2 Å². The Balaban J connectivity index is 5.41. The molecule has 2 N–H and O–H groups in total. The molecule has 0 rings (SSSR count). The quantitative estimate of drug-likeness (QED) is 0.441. The molecule has 0 bridgehead atoms. The van der Waals surface area contributed by atoms with Crippen LogP contribution in [0.15, 0.2) is 23.0 Å². The zero-order chi connectivity index (χ0) is 12.7. The fraction of sp³-hybridized carbons (Fsp3) is 0.615. The van der Waals surface area contributed by atoms with E-state index in [4.69, 9.17) is 16.0 Å². The van der Waals surface area contributed by atoms with Crippen molar-refractivity contribution in [3.63, 3.8) is 0 Å². The summed E-state index contributed by atoms with van der Waals surface area (Å²) in [5.74, 6) is 6.49. The summed E-state index contributed by atoms with van der Waals surface area (Å²) in [5.41, 5.74) is 2.18. The van der Waals surface area contributed by atoms with Gasteiger partial charge in [-0.1, -0.05) is 19.9 Å². The Morgan fingerprint density at radius 3 is 2.31 bits per heavy atom. The largest absolute Gasteiger partial charge is 0.416 e. The van der Waals surface area contributed by atoms with Crippen LogP contribution < -0.4 is 5.90 Å². The molecule has 16 heavy (non-hydrogen) atoms. The van der Waals surface area contributed by atoms with Crippen LogP contribution in [0.2, 0.25) is 0 Å². The topological polar surface area (TPSA) is 59.0 Å². The second-order valence-electron chi connectivity index (χ2n) is 4.27. The molecule has 0 aliphatic carbocycles. The Bertz CT molecular complexity index is 321. The second-order valence-corrected chi connectivity index (χ2v) is 4.27. The number of nitriles is 1. The van der Waals surface area contributed by atoms with Crippen molar-refractivity contribution in [2.75, 3.05) is 0 Å². The highest BCUT2D eigenvalue weighted by molar-refractivity contribution is 5.34. The van der Waals surface area contributed by atoms with Gasteiger partial charge in [-0.15, -0.1) is 0 Å². The lowest BCUT2D eigenvalue weighted by Crippen LogP contribution is -2.15. The maximum absolute atomic E-state index is 8.88. The zero-order valence-electron chi connectivity index (χ0n) is 10.9. The van der Waals surface area contributed by atoms with E-state index < -0.39 is 0 Å². The Hall–Kier alpha value is -1.27. The first-order valence-corrected chi connectivity index (χ1v) is 5.57. The summed E-state index contributed by atoms with van der Waals surface area (Å²) < 4.78 is 0. The highest BCUT2D eigenvalue weighted by Gasteiger charge is 2.22. The summed E-state index contributed by atoms with van der Waals surface area (Å²) in [4.78, 5) is 4.84. The van der Waals surface area contributed by atoms with Gasteiger partial charge >= 0.3 is 0 Å². The molecule has 90 valence electrons.